The molecule has 19 heavy (non-hydrogen) atoms. The number of methoxy groups -OCH3 is 1. The van der Waals surface area contributed by atoms with Crippen molar-refractivity contribution >= 4 is 10.9 Å². The minimum atomic E-state index is 0.363. The molecule has 0 radical (unpaired) electrons. The van der Waals surface area contributed by atoms with Gasteiger partial charge in [0.1, 0.15) is 5.75 Å². The van der Waals surface area contributed by atoms with Gasteiger partial charge in [-0.3, -0.25) is 4.98 Å². The molecule has 2 heterocycles. The molecule has 1 N–H and O–H groups in total. The lowest BCUT2D eigenvalue weighted by Crippen LogP contribution is -2.43. The highest BCUT2D eigenvalue weighted by Gasteiger charge is 2.18. The van der Waals surface area contributed by atoms with Crippen molar-refractivity contribution in [2.24, 2.45) is 0 Å². The maximum Gasteiger partial charge on any atom is 0.119 e. The molecule has 0 amide bonds. The number of benzene rings is 1. The standard InChI is InChI=1S/C15H19N3O/c1-18-6-5-16-15(10-18)12-7-11-8-13(19-2)3-4-14(11)17-9-12/h3-4,7-9,15-16H,5-6,10H2,1-2H3. The summed E-state index contributed by atoms with van der Waals surface area (Å²) in [5.41, 5.74) is 2.25. The van der Waals surface area contributed by atoms with Crippen molar-refractivity contribution in [3.63, 3.8) is 0 Å². The lowest BCUT2D eigenvalue weighted by molar-refractivity contribution is 0.241. The molecule has 1 aliphatic heterocycles. The molecule has 0 aliphatic carbocycles. The number of pyridine rings is 1. The molecule has 1 saturated heterocycles. The highest BCUT2D eigenvalue weighted by atomic mass is 16.5. The topological polar surface area (TPSA) is 37.4 Å². The number of piperazine rings is 1. The Hall–Kier alpha value is -1.65. The molecule has 2 aromatic rings. The van der Waals surface area contributed by atoms with Gasteiger partial charge in [0.15, 0.2) is 0 Å². The summed E-state index contributed by atoms with van der Waals surface area (Å²) < 4.78 is 5.27. The molecule has 1 fully saturated rings. The zero-order valence-corrected chi connectivity index (χ0v) is 11.4. The van der Waals surface area contributed by atoms with Crippen LogP contribution in [-0.4, -0.2) is 43.7 Å². The summed E-state index contributed by atoms with van der Waals surface area (Å²) in [6, 6.07) is 8.56. The van der Waals surface area contributed by atoms with Crippen LogP contribution >= 0.6 is 0 Å². The van der Waals surface area contributed by atoms with Crippen LogP contribution in [-0.2, 0) is 0 Å². The number of aromatic nitrogens is 1. The zero-order chi connectivity index (χ0) is 13.2. The maximum atomic E-state index is 5.27. The number of fused-ring (bicyclic) bond motifs is 1. The first-order valence-corrected chi connectivity index (χ1v) is 6.62. The van der Waals surface area contributed by atoms with Gasteiger partial charge < -0.3 is 15.0 Å². The summed E-state index contributed by atoms with van der Waals surface area (Å²) in [6.07, 6.45) is 1.98. The predicted molar refractivity (Wildman–Crippen MR) is 76.5 cm³/mol. The Morgan fingerprint density at radius 3 is 3.05 bits per heavy atom. The van der Waals surface area contributed by atoms with Crippen LogP contribution in [0, 0.1) is 0 Å². The Kier molecular flexibility index (Phi) is 3.36. The molecule has 1 aromatic carbocycles. The van der Waals surface area contributed by atoms with Crippen LogP contribution in [0.2, 0.25) is 0 Å². The molecule has 3 rings (SSSR count). The normalized spacial score (nSPS) is 20.6. The first-order valence-electron chi connectivity index (χ1n) is 6.62. The molecule has 100 valence electrons. The lowest BCUT2D eigenvalue weighted by atomic mass is 10.0. The largest absolute Gasteiger partial charge is 0.497 e. The van der Waals surface area contributed by atoms with Crippen molar-refractivity contribution < 1.29 is 4.74 Å². The van der Waals surface area contributed by atoms with Gasteiger partial charge in [-0.2, -0.15) is 0 Å². The summed E-state index contributed by atoms with van der Waals surface area (Å²) in [5, 5.41) is 4.68. The summed E-state index contributed by atoms with van der Waals surface area (Å²) in [5.74, 6) is 0.875. The Balaban J connectivity index is 1.95. The van der Waals surface area contributed by atoms with E-state index in [0.29, 0.717) is 6.04 Å². The predicted octanol–water partition coefficient (Wildman–Crippen LogP) is 1.82. The van der Waals surface area contributed by atoms with Gasteiger partial charge in [0.2, 0.25) is 0 Å². The fraction of sp³-hybridized carbons (Fsp3) is 0.400. The quantitative estimate of drug-likeness (QED) is 0.890. The van der Waals surface area contributed by atoms with E-state index in [1.807, 2.05) is 24.4 Å². The third-order valence-electron chi connectivity index (χ3n) is 3.69. The highest BCUT2D eigenvalue weighted by Crippen LogP contribution is 2.23. The zero-order valence-electron chi connectivity index (χ0n) is 11.4. The van der Waals surface area contributed by atoms with E-state index in [0.717, 1.165) is 36.3 Å². The second kappa shape index (κ2) is 5.15. The third kappa shape index (κ3) is 2.55. The number of nitrogens with one attached hydrogen (secondary N) is 1. The Morgan fingerprint density at radius 2 is 2.26 bits per heavy atom. The average Bonchev–Trinajstić information content (AvgIpc) is 2.46. The van der Waals surface area contributed by atoms with Gasteiger partial charge in [-0.25, -0.2) is 0 Å². The molecule has 4 nitrogen and oxygen atoms in total. The number of rotatable bonds is 2. The second-order valence-electron chi connectivity index (χ2n) is 5.10. The van der Waals surface area contributed by atoms with E-state index in [9.17, 15) is 0 Å². The van der Waals surface area contributed by atoms with Crippen molar-refractivity contribution in [2.45, 2.75) is 6.04 Å². The summed E-state index contributed by atoms with van der Waals surface area (Å²) in [4.78, 5) is 6.89. The number of likely N-dealkylation sites (N-methyl/N-ethyl adjacent to an activating group) is 1. The molecular formula is C15H19N3O. The molecule has 4 heteroatoms. The van der Waals surface area contributed by atoms with Gasteiger partial charge in [0, 0.05) is 37.3 Å². The van der Waals surface area contributed by atoms with E-state index < -0.39 is 0 Å². The van der Waals surface area contributed by atoms with Gasteiger partial charge in [-0.1, -0.05) is 0 Å². The second-order valence-corrected chi connectivity index (χ2v) is 5.10. The van der Waals surface area contributed by atoms with Crippen molar-refractivity contribution in [2.75, 3.05) is 33.8 Å². The first kappa shape index (κ1) is 12.4. The van der Waals surface area contributed by atoms with Gasteiger partial charge in [0.05, 0.1) is 12.6 Å². The van der Waals surface area contributed by atoms with Crippen LogP contribution in [0.3, 0.4) is 0 Å². The minimum absolute atomic E-state index is 0.363. The minimum Gasteiger partial charge on any atom is -0.497 e. The first-order chi connectivity index (χ1) is 9.26. The van der Waals surface area contributed by atoms with Gasteiger partial charge in [0.25, 0.3) is 0 Å². The number of ether oxygens (including phenoxy) is 1. The van der Waals surface area contributed by atoms with Gasteiger partial charge >= 0.3 is 0 Å². The molecule has 1 aliphatic rings. The van der Waals surface area contributed by atoms with Crippen LogP contribution in [0.25, 0.3) is 10.9 Å². The summed E-state index contributed by atoms with van der Waals surface area (Å²) in [6.45, 7) is 3.15. The molecular weight excluding hydrogens is 238 g/mol. The van der Waals surface area contributed by atoms with Crippen molar-refractivity contribution in [3.05, 3.63) is 36.0 Å². The Morgan fingerprint density at radius 1 is 1.37 bits per heavy atom. The van der Waals surface area contributed by atoms with Crippen LogP contribution < -0.4 is 10.1 Å². The number of hydrogen-bond acceptors (Lipinski definition) is 4. The van der Waals surface area contributed by atoms with Crippen LogP contribution in [0.1, 0.15) is 11.6 Å². The van der Waals surface area contributed by atoms with E-state index in [4.69, 9.17) is 4.74 Å². The molecule has 1 aromatic heterocycles. The van der Waals surface area contributed by atoms with Crippen molar-refractivity contribution in [1.29, 1.82) is 0 Å². The van der Waals surface area contributed by atoms with E-state index in [-0.39, 0.29) is 0 Å². The number of nitrogens with zero attached hydrogens (tertiary/aromatic N) is 2. The smallest absolute Gasteiger partial charge is 0.119 e. The summed E-state index contributed by atoms with van der Waals surface area (Å²) >= 11 is 0. The van der Waals surface area contributed by atoms with E-state index in [1.165, 1.54) is 5.56 Å². The Labute approximate surface area is 113 Å². The summed E-state index contributed by atoms with van der Waals surface area (Å²) in [7, 11) is 3.85. The van der Waals surface area contributed by atoms with E-state index >= 15 is 0 Å². The van der Waals surface area contributed by atoms with Crippen LogP contribution in [0.5, 0.6) is 5.75 Å². The SMILES string of the molecule is COc1ccc2ncc(C3CN(C)CCN3)cc2c1. The fourth-order valence-corrected chi connectivity index (χ4v) is 2.56. The molecule has 0 saturated carbocycles. The maximum absolute atomic E-state index is 5.27. The van der Waals surface area contributed by atoms with Crippen molar-refractivity contribution in [3.8, 4) is 5.75 Å². The van der Waals surface area contributed by atoms with Crippen LogP contribution in [0.4, 0.5) is 0 Å². The molecule has 0 spiro atoms. The average molecular weight is 257 g/mol. The fourth-order valence-electron chi connectivity index (χ4n) is 2.56. The highest BCUT2D eigenvalue weighted by molar-refractivity contribution is 5.80. The molecule has 0 bridgehead atoms. The third-order valence-corrected chi connectivity index (χ3v) is 3.69. The van der Waals surface area contributed by atoms with Crippen molar-refractivity contribution in [1.82, 2.24) is 15.2 Å². The lowest BCUT2D eigenvalue weighted by Gasteiger charge is -2.31. The molecule has 1 unspecified atom stereocenters. The van der Waals surface area contributed by atoms with Gasteiger partial charge in [-0.05, 0) is 36.9 Å². The number of hydrogen-bond donors (Lipinski definition) is 1. The molecule has 1 atom stereocenters. The van der Waals surface area contributed by atoms with E-state index in [2.05, 4.69) is 28.3 Å². The van der Waals surface area contributed by atoms with Gasteiger partial charge in [-0.15, -0.1) is 0 Å². The monoisotopic (exact) mass is 257 g/mol. The Bertz CT molecular complexity index is 585. The van der Waals surface area contributed by atoms with Crippen LogP contribution in [0.15, 0.2) is 30.5 Å². The van der Waals surface area contributed by atoms with E-state index in [1.54, 1.807) is 7.11 Å².